The quantitative estimate of drug-likeness (QED) is 0.711. The van der Waals surface area contributed by atoms with Gasteiger partial charge in [0.05, 0.1) is 17.6 Å². The fraction of sp³-hybridized carbons (Fsp3) is 0.300. The summed E-state index contributed by atoms with van der Waals surface area (Å²) in [5.74, 6) is 0.180. The van der Waals surface area contributed by atoms with Gasteiger partial charge in [0.15, 0.2) is 0 Å². The predicted octanol–water partition coefficient (Wildman–Crippen LogP) is 2.87. The van der Waals surface area contributed by atoms with Gasteiger partial charge in [0.25, 0.3) is 0 Å². The number of carbonyl (C=O) groups is 1. The molecule has 3 heterocycles. The van der Waals surface area contributed by atoms with Crippen molar-refractivity contribution in [1.29, 1.82) is 0 Å². The van der Waals surface area contributed by atoms with Crippen molar-refractivity contribution >= 4 is 23.0 Å². The van der Waals surface area contributed by atoms with E-state index < -0.39 is 0 Å². The van der Waals surface area contributed by atoms with Gasteiger partial charge in [-0.2, -0.15) is 5.10 Å². The highest BCUT2D eigenvalue weighted by Crippen LogP contribution is 2.13. The van der Waals surface area contributed by atoms with Crippen LogP contribution in [-0.4, -0.2) is 51.5 Å². The summed E-state index contributed by atoms with van der Waals surface area (Å²) in [4.78, 5) is 16.8. The third-order valence-electron chi connectivity index (χ3n) is 4.80. The zero-order chi connectivity index (χ0) is 17.9. The molecular formula is C20H21ClN4O. The molecule has 1 saturated heterocycles. The summed E-state index contributed by atoms with van der Waals surface area (Å²) in [7, 11) is 0. The zero-order valence-corrected chi connectivity index (χ0v) is 15.3. The predicted molar refractivity (Wildman–Crippen MR) is 102 cm³/mol. The second kappa shape index (κ2) is 7.48. The molecule has 0 N–H and O–H groups in total. The molecule has 0 radical (unpaired) electrons. The van der Waals surface area contributed by atoms with Crippen molar-refractivity contribution in [3.8, 4) is 0 Å². The molecule has 134 valence electrons. The first-order chi connectivity index (χ1) is 12.7. The molecule has 1 fully saturated rings. The Labute approximate surface area is 157 Å². The van der Waals surface area contributed by atoms with Crippen molar-refractivity contribution in [2.45, 2.75) is 13.0 Å². The maximum Gasteiger partial charge on any atom is 0.227 e. The lowest BCUT2D eigenvalue weighted by atomic mass is 10.1. The number of nitrogens with zero attached hydrogens (tertiary/aromatic N) is 4. The van der Waals surface area contributed by atoms with E-state index in [0.29, 0.717) is 11.4 Å². The smallest absolute Gasteiger partial charge is 0.227 e. The van der Waals surface area contributed by atoms with E-state index in [0.717, 1.165) is 49.5 Å². The van der Waals surface area contributed by atoms with E-state index in [9.17, 15) is 4.79 Å². The lowest BCUT2D eigenvalue weighted by Crippen LogP contribution is -2.48. The van der Waals surface area contributed by atoms with E-state index >= 15 is 0 Å². The topological polar surface area (TPSA) is 40.9 Å². The summed E-state index contributed by atoms with van der Waals surface area (Å²) in [6.45, 7) is 4.10. The van der Waals surface area contributed by atoms with Crippen LogP contribution in [0.1, 0.15) is 11.3 Å². The number of pyridine rings is 1. The fourth-order valence-electron chi connectivity index (χ4n) is 3.34. The van der Waals surface area contributed by atoms with Gasteiger partial charge in [-0.1, -0.05) is 29.8 Å². The molecule has 3 aromatic rings. The van der Waals surface area contributed by atoms with E-state index in [4.69, 9.17) is 11.6 Å². The molecule has 0 saturated carbocycles. The van der Waals surface area contributed by atoms with Crippen molar-refractivity contribution in [3.05, 3.63) is 71.0 Å². The molecule has 26 heavy (non-hydrogen) atoms. The Bertz CT molecular complexity index is 865. The Hall–Kier alpha value is -2.37. The van der Waals surface area contributed by atoms with Crippen LogP contribution in [0.15, 0.2) is 54.7 Å². The van der Waals surface area contributed by atoms with Gasteiger partial charge in [0.1, 0.15) is 0 Å². The van der Waals surface area contributed by atoms with Crippen LogP contribution in [-0.2, 0) is 17.8 Å². The van der Waals surface area contributed by atoms with Crippen LogP contribution in [0.3, 0.4) is 0 Å². The number of benzene rings is 1. The third kappa shape index (κ3) is 3.89. The van der Waals surface area contributed by atoms with Crippen LogP contribution < -0.4 is 0 Å². The van der Waals surface area contributed by atoms with Crippen molar-refractivity contribution in [3.63, 3.8) is 0 Å². The number of halogens is 1. The van der Waals surface area contributed by atoms with Gasteiger partial charge in [-0.15, -0.1) is 0 Å². The van der Waals surface area contributed by atoms with Crippen LogP contribution in [0.2, 0.25) is 5.02 Å². The SMILES string of the molecule is O=C(Cc1ccc(Cl)cc1)N1CCN(Cc2cc3ccccn3n2)CC1. The summed E-state index contributed by atoms with van der Waals surface area (Å²) in [6.07, 6.45) is 2.40. The zero-order valence-electron chi connectivity index (χ0n) is 14.5. The molecule has 4 rings (SSSR count). The first kappa shape index (κ1) is 17.1. The molecular weight excluding hydrogens is 348 g/mol. The lowest BCUT2D eigenvalue weighted by Gasteiger charge is -2.34. The van der Waals surface area contributed by atoms with Crippen LogP contribution in [0.5, 0.6) is 0 Å². The van der Waals surface area contributed by atoms with E-state index in [1.807, 2.05) is 52.0 Å². The van der Waals surface area contributed by atoms with Crippen molar-refractivity contribution in [2.24, 2.45) is 0 Å². The summed E-state index contributed by atoms with van der Waals surface area (Å²) in [6, 6.07) is 15.7. The number of aromatic nitrogens is 2. The van der Waals surface area contributed by atoms with Crippen molar-refractivity contribution in [2.75, 3.05) is 26.2 Å². The summed E-state index contributed by atoms with van der Waals surface area (Å²) in [5, 5.41) is 5.30. The number of rotatable bonds is 4. The summed E-state index contributed by atoms with van der Waals surface area (Å²) < 4.78 is 1.90. The van der Waals surface area contributed by atoms with Crippen LogP contribution >= 0.6 is 11.6 Å². The van der Waals surface area contributed by atoms with E-state index in [1.54, 1.807) is 0 Å². The highest BCUT2D eigenvalue weighted by molar-refractivity contribution is 6.30. The minimum atomic E-state index is 0.180. The Morgan fingerprint density at radius 2 is 1.81 bits per heavy atom. The number of fused-ring (bicyclic) bond motifs is 1. The van der Waals surface area contributed by atoms with E-state index in [-0.39, 0.29) is 5.91 Å². The molecule has 2 aromatic heterocycles. The van der Waals surface area contributed by atoms with Gasteiger partial charge in [-0.25, -0.2) is 4.52 Å². The number of hydrogen-bond acceptors (Lipinski definition) is 3. The maximum absolute atomic E-state index is 12.5. The lowest BCUT2D eigenvalue weighted by molar-refractivity contribution is -0.132. The molecule has 1 aliphatic heterocycles. The Morgan fingerprint density at radius 3 is 2.54 bits per heavy atom. The van der Waals surface area contributed by atoms with Gasteiger partial charge >= 0.3 is 0 Å². The van der Waals surface area contributed by atoms with Gasteiger partial charge in [-0.3, -0.25) is 9.69 Å². The molecule has 0 spiro atoms. The van der Waals surface area contributed by atoms with Crippen molar-refractivity contribution in [1.82, 2.24) is 19.4 Å². The standard InChI is InChI=1S/C20H21ClN4O/c21-17-6-4-16(5-7-17)13-20(26)24-11-9-23(10-12-24)15-18-14-19-3-1-2-8-25(19)22-18/h1-8,14H,9-13,15H2. The van der Waals surface area contributed by atoms with Crippen LogP contribution in [0.25, 0.3) is 5.52 Å². The Balaban J connectivity index is 1.30. The Kier molecular flexibility index (Phi) is 4.91. The first-order valence-corrected chi connectivity index (χ1v) is 9.23. The molecule has 0 atom stereocenters. The molecule has 0 bridgehead atoms. The first-order valence-electron chi connectivity index (χ1n) is 8.85. The average molecular weight is 369 g/mol. The van der Waals surface area contributed by atoms with E-state index in [1.165, 1.54) is 0 Å². The third-order valence-corrected chi connectivity index (χ3v) is 5.05. The normalized spacial score (nSPS) is 15.5. The molecule has 5 nitrogen and oxygen atoms in total. The molecule has 6 heteroatoms. The summed E-state index contributed by atoms with van der Waals surface area (Å²) in [5.41, 5.74) is 3.18. The molecule has 0 aliphatic carbocycles. The van der Waals surface area contributed by atoms with Gasteiger partial charge < -0.3 is 4.90 Å². The van der Waals surface area contributed by atoms with E-state index in [2.05, 4.69) is 22.1 Å². The minimum absolute atomic E-state index is 0.180. The van der Waals surface area contributed by atoms with Gasteiger partial charge in [0.2, 0.25) is 5.91 Å². The monoisotopic (exact) mass is 368 g/mol. The van der Waals surface area contributed by atoms with Crippen molar-refractivity contribution < 1.29 is 4.79 Å². The second-order valence-corrected chi connectivity index (χ2v) is 7.10. The molecule has 1 aromatic carbocycles. The number of hydrogen-bond donors (Lipinski definition) is 0. The van der Waals surface area contributed by atoms with Gasteiger partial charge in [0, 0.05) is 43.9 Å². The molecule has 1 aliphatic rings. The maximum atomic E-state index is 12.5. The molecule has 0 unspecified atom stereocenters. The molecule has 1 amide bonds. The highest BCUT2D eigenvalue weighted by atomic mass is 35.5. The number of piperazine rings is 1. The average Bonchev–Trinajstić information content (AvgIpc) is 3.06. The second-order valence-electron chi connectivity index (χ2n) is 6.67. The number of carbonyl (C=O) groups excluding carboxylic acids is 1. The largest absolute Gasteiger partial charge is 0.340 e. The number of amides is 1. The highest BCUT2D eigenvalue weighted by Gasteiger charge is 2.21. The van der Waals surface area contributed by atoms with Crippen LogP contribution in [0, 0.1) is 0 Å². The Morgan fingerprint density at radius 1 is 1.04 bits per heavy atom. The minimum Gasteiger partial charge on any atom is -0.340 e. The fourth-order valence-corrected chi connectivity index (χ4v) is 3.47. The summed E-state index contributed by atoms with van der Waals surface area (Å²) >= 11 is 5.90. The van der Waals surface area contributed by atoms with Gasteiger partial charge in [-0.05, 0) is 35.9 Å². The van der Waals surface area contributed by atoms with Crippen LogP contribution in [0.4, 0.5) is 0 Å².